The van der Waals surface area contributed by atoms with E-state index in [-0.39, 0.29) is 11.7 Å². The van der Waals surface area contributed by atoms with Gasteiger partial charge in [0.15, 0.2) is 0 Å². The van der Waals surface area contributed by atoms with Gasteiger partial charge < -0.3 is 15.3 Å². The number of hydrogen-bond donors (Lipinski definition) is 2. The van der Waals surface area contributed by atoms with Crippen LogP contribution in [0.2, 0.25) is 0 Å². The van der Waals surface area contributed by atoms with Crippen LogP contribution in [0.1, 0.15) is 25.5 Å². The Hall–Kier alpha value is -1.50. The number of nitro groups is 1. The summed E-state index contributed by atoms with van der Waals surface area (Å²) in [6, 6.07) is 6.31. The van der Waals surface area contributed by atoms with Gasteiger partial charge in [0, 0.05) is 31.3 Å². The van der Waals surface area contributed by atoms with E-state index in [9.17, 15) is 15.2 Å². The number of rotatable bonds is 8. The van der Waals surface area contributed by atoms with Gasteiger partial charge in [0.1, 0.15) is 0 Å². The molecule has 0 bridgehead atoms. The van der Waals surface area contributed by atoms with Crippen molar-refractivity contribution in [3.05, 3.63) is 39.9 Å². The summed E-state index contributed by atoms with van der Waals surface area (Å²) in [6.45, 7) is 5.60. The Labute approximate surface area is 125 Å². The van der Waals surface area contributed by atoms with Crippen LogP contribution in [0.25, 0.3) is 0 Å². The number of benzene rings is 1. The molecule has 0 amide bonds. The molecule has 0 spiro atoms. The molecule has 0 aliphatic heterocycles. The molecule has 2 N–H and O–H groups in total. The standard InChI is InChI=1S/C15H25N3O3/c1-11(2)14(10-17(3)4)16-9-15(19)12-5-7-13(8-6-12)18(20)21/h5-8,11,14-16,19H,9-10H2,1-4H3. The smallest absolute Gasteiger partial charge is 0.269 e. The van der Waals surface area contributed by atoms with E-state index in [2.05, 4.69) is 24.1 Å². The molecule has 0 saturated heterocycles. The van der Waals surface area contributed by atoms with Crippen molar-refractivity contribution in [2.24, 2.45) is 5.92 Å². The molecule has 21 heavy (non-hydrogen) atoms. The molecule has 2 unspecified atom stereocenters. The molecule has 0 heterocycles. The first-order valence-corrected chi connectivity index (χ1v) is 7.11. The van der Waals surface area contributed by atoms with Crippen LogP contribution in [-0.2, 0) is 0 Å². The van der Waals surface area contributed by atoms with Crippen molar-refractivity contribution in [3.63, 3.8) is 0 Å². The quantitative estimate of drug-likeness (QED) is 0.565. The van der Waals surface area contributed by atoms with Gasteiger partial charge in [-0.2, -0.15) is 0 Å². The molecule has 0 fully saturated rings. The second-order valence-electron chi connectivity index (χ2n) is 5.89. The maximum atomic E-state index is 10.6. The normalized spacial score (nSPS) is 14.4. The molecule has 2 atom stereocenters. The van der Waals surface area contributed by atoms with Crippen molar-refractivity contribution in [1.82, 2.24) is 10.2 Å². The minimum absolute atomic E-state index is 0.0339. The molecule has 1 rings (SSSR count). The predicted octanol–water partition coefficient (Wildman–Crippen LogP) is 1.80. The van der Waals surface area contributed by atoms with Crippen LogP contribution in [0.15, 0.2) is 24.3 Å². The van der Waals surface area contributed by atoms with Crippen molar-refractivity contribution in [1.29, 1.82) is 0 Å². The Morgan fingerprint density at radius 2 is 1.86 bits per heavy atom. The second kappa shape index (κ2) is 8.07. The van der Waals surface area contributed by atoms with Crippen molar-refractivity contribution >= 4 is 5.69 Å². The van der Waals surface area contributed by atoms with Gasteiger partial charge in [0.25, 0.3) is 5.69 Å². The fourth-order valence-electron chi connectivity index (χ4n) is 2.10. The predicted molar refractivity (Wildman–Crippen MR) is 83.2 cm³/mol. The number of nitrogens with zero attached hydrogens (tertiary/aromatic N) is 2. The highest BCUT2D eigenvalue weighted by Crippen LogP contribution is 2.17. The third-order valence-electron chi connectivity index (χ3n) is 3.43. The lowest BCUT2D eigenvalue weighted by Crippen LogP contribution is -2.43. The third kappa shape index (κ3) is 5.79. The average Bonchev–Trinajstić information content (AvgIpc) is 2.42. The summed E-state index contributed by atoms with van der Waals surface area (Å²) in [5.74, 6) is 0.455. The van der Waals surface area contributed by atoms with E-state index in [1.165, 1.54) is 12.1 Å². The summed E-state index contributed by atoms with van der Waals surface area (Å²) in [5.41, 5.74) is 0.715. The van der Waals surface area contributed by atoms with Crippen LogP contribution in [0.4, 0.5) is 5.69 Å². The lowest BCUT2D eigenvalue weighted by molar-refractivity contribution is -0.384. The van der Waals surface area contributed by atoms with E-state index in [4.69, 9.17) is 0 Å². The zero-order valence-corrected chi connectivity index (χ0v) is 13.1. The van der Waals surface area contributed by atoms with Crippen LogP contribution in [-0.4, -0.2) is 48.2 Å². The first-order valence-electron chi connectivity index (χ1n) is 7.11. The molecule has 1 aromatic rings. The Kier molecular flexibility index (Phi) is 6.74. The number of aliphatic hydroxyl groups is 1. The molecule has 0 radical (unpaired) electrons. The molecule has 0 aromatic heterocycles. The highest BCUT2D eigenvalue weighted by molar-refractivity contribution is 5.33. The zero-order chi connectivity index (χ0) is 16.0. The lowest BCUT2D eigenvalue weighted by atomic mass is 10.0. The van der Waals surface area contributed by atoms with Crippen molar-refractivity contribution in [2.75, 3.05) is 27.2 Å². The second-order valence-corrected chi connectivity index (χ2v) is 5.89. The topological polar surface area (TPSA) is 78.6 Å². The summed E-state index contributed by atoms with van der Waals surface area (Å²) in [4.78, 5) is 12.3. The molecule has 0 aliphatic rings. The number of likely N-dealkylation sites (N-methyl/N-ethyl adjacent to an activating group) is 1. The van der Waals surface area contributed by atoms with Gasteiger partial charge in [0.2, 0.25) is 0 Å². The summed E-state index contributed by atoms with van der Waals surface area (Å²) < 4.78 is 0. The Morgan fingerprint density at radius 1 is 1.29 bits per heavy atom. The van der Waals surface area contributed by atoms with Crippen LogP contribution in [0, 0.1) is 16.0 Å². The fraction of sp³-hybridized carbons (Fsp3) is 0.600. The number of non-ortho nitro benzene ring substituents is 1. The first-order chi connectivity index (χ1) is 9.81. The van der Waals surface area contributed by atoms with E-state index in [1.54, 1.807) is 12.1 Å². The van der Waals surface area contributed by atoms with Gasteiger partial charge in [-0.1, -0.05) is 13.8 Å². The third-order valence-corrected chi connectivity index (χ3v) is 3.43. The summed E-state index contributed by atoms with van der Waals surface area (Å²) in [5, 5.41) is 24.1. The molecule has 6 nitrogen and oxygen atoms in total. The SMILES string of the molecule is CC(C)C(CN(C)C)NCC(O)c1ccc([N+](=O)[O-])cc1. The van der Waals surface area contributed by atoms with Crippen LogP contribution >= 0.6 is 0 Å². The lowest BCUT2D eigenvalue weighted by Gasteiger charge is -2.27. The summed E-state index contributed by atoms with van der Waals surface area (Å²) >= 11 is 0. The van der Waals surface area contributed by atoms with E-state index >= 15 is 0 Å². The Morgan fingerprint density at radius 3 is 2.29 bits per heavy atom. The minimum atomic E-state index is -0.672. The maximum Gasteiger partial charge on any atom is 0.269 e. The van der Waals surface area contributed by atoms with Crippen LogP contribution in [0.3, 0.4) is 0 Å². The van der Waals surface area contributed by atoms with E-state index in [0.717, 1.165) is 6.54 Å². The zero-order valence-electron chi connectivity index (χ0n) is 13.1. The van der Waals surface area contributed by atoms with Gasteiger partial charge in [-0.3, -0.25) is 10.1 Å². The van der Waals surface area contributed by atoms with E-state index < -0.39 is 11.0 Å². The minimum Gasteiger partial charge on any atom is -0.387 e. The largest absolute Gasteiger partial charge is 0.387 e. The number of aliphatic hydroxyl groups excluding tert-OH is 1. The maximum absolute atomic E-state index is 10.6. The molecular weight excluding hydrogens is 270 g/mol. The van der Waals surface area contributed by atoms with Gasteiger partial charge >= 0.3 is 0 Å². The van der Waals surface area contributed by atoms with Gasteiger partial charge in [-0.15, -0.1) is 0 Å². The Balaban J connectivity index is 2.59. The average molecular weight is 295 g/mol. The van der Waals surface area contributed by atoms with Gasteiger partial charge in [-0.05, 0) is 37.7 Å². The number of nitrogens with one attached hydrogen (secondary N) is 1. The molecule has 0 saturated carbocycles. The molecule has 6 heteroatoms. The summed E-state index contributed by atoms with van der Waals surface area (Å²) in [6.07, 6.45) is -0.672. The van der Waals surface area contributed by atoms with E-state index in [1.807, 2.05) is 14.1 Å². The monoisotopic (exact) mass is 295 g/mol. The van der Waals surface area contributed by atoms with Crippen molar-refractivity contribution < 1.29 is 10.0 Å². The Bertz CT molecular complexity index is 446. The number of nitro benzene ring substituents is 1. The molecule has 1 aromatic carbocycles. The molecule has 0 aliphatic carbocycles. The summed E-state index contributed by atoms with van der Waals surface area (Å²) in [7, 11) is 4.04. The van der Waals surface area contributed by atoms with Crippen LogP contribution in [0.5, 0.6) is 0 Å². The molecular formula is C15H25N3O3. The highest BCUT2D eigenvalue weighted by Gasteiger charge is 2.16. The van der Waals surface area contributed by atoms with Gasteiger partial charge in [-0.25, -0.2) is 0 Å². The van der Waals surface area contributed by atoms with Gasteiger partial charge in [0.05, 0.1) is 11.0 Å². The first kappa shape index (κ1) is 17.6. The van der Waals surface area contributed by atoms with E-state index in [0.29, 0.717) is 18.0 Å². The number of hydrogen-bond acceptors (Lipinski definition) is 5. The fourth-order valence-corrected chi connectivity index (χ4v) is 2.10. The molecule has 118 valence electrons. The van der Waals surface area contributed by atoms with Crippen molar-refractivity contribution in [2.45, 2.75) is 26.0 Å². The van der Waals surface area contributed by atoms with Crippen molar-refractivity contribution in [3.8, 4) is 0 Å². The highest BCUT2D eigenvalue weighted by atomic mass is 16.6. The van der Waals surface area contributed by atoms with Crippen LogP contribution < -0.4 is 5.32 Å².